The lowest BCUT2D eigenvalue weighted by atomic mass is 10.2. The summed E-state index contributed by atoms with van der Waals surface area (Å²) in [6.07, 6.45) is -1.83. The van der Waals surface area contributed by atoms with Crippen molar-refractivity contribution in [2.75, 3.05) is 7.11 Å². The molecule has 1 aromatic rings. The second-order valence-corrected chi connectivity index (χ2v) is 3.59. The zero-order valence-electron chi connectivity index (χ0n) is 7.50. The summed E-state index contributed by atoms with van der Waals surface area (Å²) in [6.45, 7) is 0. The van der Waals surface area contributed by atoms with Crippen LogP contribution in [0.2, 0.25) is 0 Å². The minimum atomic E-state index is -2.82. The topological polar surface area (TPSA) is 59.4 Å². The number of aromatic nitrogens is 1. The average Bonchev–Trinajstić information content (AvgIpc) is 2.15. The second-order valence-electron chi connectivity index (χ2n) is 2.51. The van der Waals surface area contributed by atoms with Gasteiger partial charge in [0.05, 0.1) is 18.2 Å². The van der Waals surface area contributed by atoms with Crippen LogP contribution in [0.25, 0.3) is 0 Å². The fourth-order valence-corrected chi connectivity index (χ4v) is 1.83. The normalized spacial score (nSPS) is 10.5. The molecule has 0 atom stereocenters. The standard InChI is InChI=1S/C8H6F2INO3/c1-15-7-4(6(9)10)5(11)3(2-12-7)8(13)14/h2,6H,1H3,(H,13,14). The summed E-state index contributed by atoms with van der Waals surface area (Å²) < 4.78 is 29.8. The van der Waals surface area contributed by atoms with E-state index in [4.69, 9.17) is 5.11 Å². The maximum Gasteiger partial charge on any atom is 0.338 e. The molecule has 82 valence electrons. The number of rotatable bonds is 3. The number of carboxylic acid groups (broad SMARTS) is 1. The van der Waals surface area contributed by atoms with Crippen LogP contribution in [0.1, 0.15) is 22.3 Å². The van der Waals surface area contributed by atoms with Gasteiger partial charge >= 0.3 is 5.97 Å². The molecule has 0 aliphatic carbocycles. The number of halogens is 3. The summed E-state index contributed by atoms with van der Waals surface area (Å²) in [6, 6.07) is 0. The highest BCUT2D eigenvalue weighted by atomic mass is 127. The summed E-state index contributed by atoms with van der Waals surface area (Å²) in [5.74, 6) is -1.55. The lowest BCUT2D eigenvalue weighted by Gasteiger charge is -2.10. The van der Waals surface area contributed by atoms with Gasteiger partial charge in [0, 0.05) is 9.77 Å². The summed E-state index contributed by atoms with van der Waals surface area (Å²) in [7, 11) is 1.20. The smallest absolute Gasteiger partial charge is 0.338 e. The zero-order valence-corrected chi connectivity index (χ0v) is 9.66. The Labute approximate surface area is 97.4 Å². The fraction of sp³-hybridized carbons (Fsp3) is 0.250. The van der Waals surface area contributed by atoms with Gasteiger partial charge in [0.15, 0.2) is 0 Å². The molecule has 0 aliphatic heterocycles. The van der Waals surface area contributed by atoms with E-state index in [9.17, 15) is 13.6 Å². The third-order valence-corrected chi connectivity index (χ3v) is 2.82. The largest absolute Gasteiger partial charge is 0.481 e. The van der Waals surface area contributed by atoms with Crippen molar-refractivity contribution >= 4 is 28.6 Å². The van der Waals surface area contributed by atoms with Crippen molar-refractivity contribution in [3.8, 4) is 5.88 Å². The minimum Gasteiger partial charge on any atom is -0.481 e. The molecule has 15 heavy (non-hydrogen) atoms. The summed E-state index contributed by atoms with van der Waals surface area (Å²) in [5.41, 5.74) is -0.746. The van der Waals surface area contributed by atoms with E-state index in [1.54, 1.807) is 0 Å². The molecule has 1 N–H and O–H groups in total. The molecule has 0 saturated carbocycles. The number of pyridine rings is 1. The lowest BCUT2D eigenvalue weighted by Crippen LogP contribution is -2.07. The van der Waals surface area contributed by atoms with Gasteiger partial charge in [-0.2, -0.15) is 0 Å². The predicted molar refractivity (Wildman–Crippen MR) is 55.4 cm³/mol. The van der Waals surface area contributed by atoms with Crippen molar-refractivity contribution in [3.63, 3.8) is 0 Å². The molecule has 0 aromatic carbocycles. The Morgan fingerprint density at radius 2 is 2.27 bits per heavy atom. The van der Waals surface area contributed by atoms with Gasteiger partial charge in [0.1, 0.15) is 0 Å². The number of hydrogen-bond acceptors (Lipinski definition) is 3. The Bertz CT molecular complexity index is 398. The molecule has 1 rings (SSSR count). The molecule has 1 aromatic heterocycles. The zero-order chi connectivity index (χ0) is 11.6. The van der Waals surface area contributed by atoms with Crippen LogP contribution in [0.3, 0.4) is 0 Å². The third-order valence-electron chi connectivity index (χ3n) is 1.66. The highest BCUT2D eigenvalue weighted by molar-refractivity contribution is 14.1. The van der Waals surface area contributed by atoms with Crippen LogP contribution >= 0.6 is 22.6 Å². The first-order chi connectivity index (χ1) is 6.99. The average molecular weight is 329 g/mol. The van der Waals surface area contributed by atoms with Crippen LogP contribution in [-0.2, 0) is 0 Å². The number of carboxylic acids is 1. The number of nitrogens with zero attached hydrogens (tertiary/aromatic N) is 1. The van der Waals surface area contributed by atoms with Gasteiger partial charge in [-0.05, 0) is 22.6 Å². The molecule has 0 amide bonds. The highest BCUT2D eigenvalue weighted by Crippen LogP contribution is 2.33. The van der Waals surface area contributed by atoms with Gasteiger partial charge in [0.2, 0.25) is 5.88 Å². The summed E-state index contributed by atoms with van der Waals surface area (Å²) in [5, 5.41) is 8.70. The number of hydrogen-bond donors (Lipinski definition) is 1. The van der Waals surface area contributed by atoms with E-state index in [-0.39, 0.29) is 15.0 Å². The van der Waals surface area contributed by atoms with E-state index >= 15 is 0 Å². The van der Waals surface area contributed by atoms with Crippen LogP contribution in [0, 0.1) is 3.57 Å². The molecule has 0 radical (unpaired) electrons. The number of aromatic carboxylic acids is 1. The maximum absolute atomic E-state index is 12.6. The molecule has 0 aliphatic rings. The molecule has 0 saturated heterocycles. The van der Waals surface area contributed by atoms with Crippen LogP contribution in [0.4, 0.5) is 8.78 Å². The molecular weight excluding hydrogens is 323 g/mol. The van der Waals surface area contributed by atoms with Crippen molar-refractivity contribution in [1.29, 1.82) is 0 Å². The number of alkyl halides is 2. The van der Waals surface area contributed by atoms with Crippen molar-refractivity contribution in [3.05, 3.63) is 20.9 Å². The van der Waals surface area contributed by atoms with Crippen molar-refractivity contribution in [1.82, 2.24) is 4.98 Å². The van der Waals surface area contributed by atoms with E-state index in [1.807, 2.05) is 0 Å². The quantitative estimate of drug-likeness (QED) is 0.865. The Balaban J connectivity index is 3.42. The van der Waals surface area contributed by atoms with Crippen LogP contribution in [-0.4, -0.2) is 23.2 Å². The Hall–Kier alpha value is -0.990. The van der Waals surface area contributed by atoms with Crippen molar-refractivity contribution in [2.24, 2.45) is 0 Å². The molecule has 1 heterocycles. The lowest BCUT2D eigenvalue weighted by molar-refractivity contribution is 0.0694. The van der Waals surface area contributed by atoms with Gasteiger partial charge in [-0.3, -0.25) is 0 Å². The number of methoxy groups -OCH3 is 1. The first-order valence-corrected chi connectivity index (χ1v) is 4.80. The molecule has 0 fully saturated rings. The van der Waals surface area contributed by atoms with Gasteiger partial charge in [-0.25, -0.2) is 18.6 Å². The van der Waals surface area contributed by atoms with Gasteiger partial charge in [-0.1, -0.05) is 0 Å². The van der Waals surface area contributed by atoms with Crippen LogP contribution < -0.4 is 4.74 Å². The first-order valence-electron chi connectivity index (χ1n) is 3.72. The van der Waals surface area contributed by atoms with E-state index in [0.717, 1.165) is 6.20 Å². The number of ether oxygens (including phenoxy) is 1. The van der Waals surface area contributed by atoms with E-state index in [0.29, 0.717) is 0 Å². The van der Waals surface area contributed by atoms with Crippen LogP contribution in [0.15, 0.2) is 6.20 Å². The maximum atomic E-state index is 12.6. The molecular formula is C8H6F2INO3. The van der Waals surface area contributed by atoms with E-state index in [2.05, 4.69) is 9.72 Å². The van der Waals surface area contributed by atoms with Gasteiger partial charge < -0.3 is 9.84 Å². The fourth-order valence-electron chi connectivity index (χ4n) is 0.989. The molecule has 0 bridgehead atoms. The molecule has 0 unspecified atom stereocenters. The second kappa shape index (κ2) is 4.69. The monoisotopic (exact) mass is 329 g/mol. The van der Waals surface area contributed by atoms with Gasteiger partial charge in [-0.15, -0.1) is 0 Å². The summed E-state index contributed by atoms with van der Waals surface area (Å²) in [4.78, 5) is 14.2. The van der Waals surface area contributed by atoms with E-state index in [1.165, 1.54) is 29.7 Å². The Morgan fingerprint density at radius 1 is 1.67 bits per heavy atom. The Kier molecular flexibility index (Phi) is 3.77. The minimum absolute atomic E-state index is 0.0537. The van der Waals surface area contributed by atoms with Gasteiger partial charge in [0.25, 0.3) is 6.43 Å². The van der Waals surface area contributed by atoms with E-state index < -0.39 is 18.0 Å². The van der Waals surface area contributed by atoms with Crippen molar-refractivity contribution in [2.45, 2.75) is 6.43 Å². The van der Waals surface area contributed by atoms with Crippen molar-refractivity contribution < 1.29 is 23.4 Å². The third kappa shape index (κ3) is 2.33. The SMILES string of the molecule is COc1ncc(C(=O)O)c(I)c1C(F)F. The summed E-state index contributed by atoms with van der Waals surface area (Å²) >= 11 is 1.54. The first kappa shape index (κ1) is 12.1. The highest BCUT2D eigenvalue weighted by Gasteiger charge is 2.23. The number of carbonyl (C=O) groups is 1. The predicted octanol–water partition coefficient (Wildman–Crippen LogP) is 2.33. The molecule has 0 spiro atoms. The Morgan fingerprint density at radius 3 is 2.67 bits per heavy atom. The molecule has 7 heteroatoms. The van der Waals surface area contributed by atoms with Crippen LogP contribution in [0.5, 0.6) is 5.88 Å². The molecule has 4 nitrogen and oxygen atoms in total.